The lowest BCUT2D eigenvalue weighted by Crippen LogP contribution is -2.46. The molecule has 0 spiro atoms. The molecule has 0 heterocycles. The summed E-state index contributed by atoms with van der Waals surface area (Å²) >= 11 is 3.28. The van der Waals surface area contributed by atoms with Crippen LogP contribution in [-0.2, 0) is 4.79 Å². The maximum atomic E-state index is 11.7. The second kappa shape index (κ2) is 6.43. The summed E-state index contributed by atoms with van der Waals surface area (Å²) in [6.07, 6.45) is 4.93. The summed E-state index contributed by atoms with van der Waals surface area (Å²) in [5, 5.41) is 23.5. The fraction of sp³-hybridized carbons (Fsp3) is 0.500. The second-order valence-electron chi connectivity index (χ2n) is 5.35. The second-order valence-corrected chi connectivity index (χ2v) is 6.20. The number of rotatable bonds is 4. The molecule has 0 aliphatic heterocycles. The normalized spacial score (nSPS) is 17.8. The van der Waals surface area contributed by atoms with Crippen molar-refractivity contribution in [3.63, 3.8) is 0 Å². The van der Waals surface area contributed by atoms with Gasteiger partial charge < -0.3 is 10.4 Å². The zero-order valence-electron chi connectivity index (χ0n) is 11.5. The van der Waals surface area contributed by atoms with Gasteiger partial charge in [0.25, 0.3) is 5.69 Å². The average molecular weight is 357 g/mol. The topological polar surface area (TPSA) is 92.5 Å². The van der Waals surface area contributed by atoms with Gasteiger partial charge in [0.15, 0.2) is 0 Å². The predicted molar refractivity (Wildman–Crippen MR) is 82.5 cm³/mol. The number of hydrogen-bond acceptors (Lipinski definition) is 4. The van der Waals surface area contributed by atoms with Gasteiger partial charge in [-0.1, -0.05) is 25.7 Å². The maximum Gasteiger partial charge on any atom is 0.329 e. The van der Waals surface area contributed by atoms with Crippen molar-refractivity contribution in [2.75, 3.05) is 5.32 Å². The fourth-order valence-electron chi connectivity index (χ4n) is 2.70. The number of carboxylic acid groups (broad SMARTS) is 1. The van der Waals surface area contributed by atoms with Crippen molar-refractivity contribution in [1.82, 2.24) is 0 Å². The van der Waals surface area contributed by atoms with Crippen LogP contribution in [-0.4, -0.2) is 21.5 Å². The lowest BCUT2D eigenvalue weighted by atomic mass is 9.90. The molecule has 0 atom stereocenters. The third-order valence-electron chi connectivity index (χ3n) is 3.90. The van der Waals surface area contributed by atoms with E-state index in [0.717, 1.165) is 25.7 Å². The minimum atomic E-state index is -0.991. The number of nitrogens with zero attached hydrogens (tertiary/aromatic N) is 1. The van der Waals surface area contributed by atoms with Crippen molar-refractivity contribution >= 4 is 33.3 Å². The standard InChI is InChI=1S/C14H17BrN2O4/c15-11-9-10(17(20)21)5-6-12(11)16-14(13(18)19)7-3-1-2-4-8-14/h5-6,9,16H,1-4,7-8H2,(H,18,19). The third-order valence-corrected chi connectivity index (χ3v) is 4.56. The smallest absolute Gasteiger partial charge is 0.329 e. The van der Waals surface area contributed by atoms with Gasteiger partial charge in [0.05, 0.1) is 4.92 Å². The van der Waals surface area contributed by atoms with Gasteiger partial charge in [0.1, 0.15) is 5.54 Å². The molecule has 1 aromatic rings. The zero-order chi connectivity index (χ0) is 15.5. The Hall–Kier alpha value is -1.63. The van der Waals surface area contributed by atoms with Gasteiger partial charge >= 0.3 is 5.97 Å². The van der Waals surface area contributed by atoms with Crippen LogP contribution in [0.15, 0.2) is 22.7 Å². The molecule has 7 heteroatoms. The fourth-order valence-corrected chi connectivity index (χ4v) is 3.17. The van der Waals surface area contributed by atoms with Crippen molar-refractivity contribution < 1.29 is 14.8 Å². The van der Waals surface area contributed by atoms with Gasteiger partial charge in [-0.15, -0.1) is 0 Å². The maximum absolute atomic E-state index is 11.7. The number of benzene rings is 1. The van der Waals surface area contributed by atoms with Crippen LogP contribution in [0.1, 0.15) is 38.5 Å². The van der Waals surface area contributed by atoms with E-state index in [-0.39, 0.29) is 5.69 Å². The molecule has 0 bridgehead atoms. The zero-order valence-corrected chi connectivity index (χ0v) is 13.1. The van der Waals surface area contributed by atoms with Crippen LogP contribution in [0, 0.1) is 10.1 Å². The van der Waals surface area contributed by atoms with E-state index in [1.54, 1.807) is 6.07 Å². The number of nitro groups is 1. The van der Waals surface area contributed by atoms with Gasteiger partial charge in [-0.05, 0) is 34.8 Å². The summed E-state index contributed by atoms with van der Waals surface area (Å²) in [7, 11) is 0. The molecule has 1 aliphatic carbocycles. The van der Waals surface area contributed by atoms with E-state index in [0.29, 0.717) is 23.0 Å². The number of hydrogen-bond donors (Lipinski definition) is 2. The summed E-state index contributed by atoms with van der Waals surface area (Å²) in [5.74, 6) is -0.866. The molecule has 2 N–H and O–H groups in total. The molecule has 0 saturated heterocycles. The molecule has 0 unspecified atom stereocenters. The highest BCUT2D eigenvalue weighted by molar-refractivity contribution is 9.10. The van der Waals surface area contributed by atoms with E-state index in [4.69, 9.17) is 0 Å². The number of carbonyl (C=O) groups is 1. The molecular formula is C14H17BrN2O4. The van der Waals surface area contributed by atoms with Crippen molar-refractivity contribution in [3.05, 3.63) is 32.8 Å². The summed E-state index contributed by atoms with van der Waals surface area (Å²) in [4.78, 5) is 22.0. The molecule has 1 aromatic carbocycles. The van der Waals surface area contributed by atoms with Crippen molar-refractivity contribution in [3.8, 4) is 0 Å². The van der Waals surface area contributed by atoms with Crippen molar-refractivity contribution in [2.24, 2.45) is 0 Å². The Morgan fingerprint density at radius 3 is 2.38 bits per heavy atom. The SMILES string of the molecule is O=C(O)C1(Nc2ccc([N+](=O)[O-])cc2Br)CCCCCC1. The lowest BCUT2D eigenvalue weighted by molar-refractivity contribution is -0.384. The number of anilines is 1. The summed E-state index contributed by atoms with van der Waals surface area (Å²) in [6, 6.07) is 4.31. The monoisotopic (exact) mass is 356 g/mol. The number of halogens is 1. The van der Waals surface area contributed by atoms with Crippen LogP contribution in [0.3, 0.4) is 0 Å². The van der Waals surface area contributed by atoms with Gasteiger partial charge in [-0.2, -0.15) is 0 Å². The quantitative estimate of drug-likeness (QED) is 0.484. The number of aliphatic carboxylic acids is 1. The summed E-state index contributed by atoms with van der Waals surface area (Å²) < 4.78 is 0.501. The molecule has 1 fully saturated rings. The highest BCUT2D eigenvalue weighted by Crippen LogP contribution is 2.35. The summed E-state index contributed by atoms with van der Waals surface area (Å²) in [5.41, 5.74) is -0.447. The Morgan fingerprint density at radius 2 is 1.90 bits per heavy atom. The molecular weight excluding hydrogens is 340 g/mol. The van der Waals surface area contributed by atoms with Gasteiger partial charge in [0, 0.05) is 22.3 Å². The molecule has 6 nitrogen and oxygen atoms in total. The van der Waals surface area contributed by atoms with Crippen molar-refractivity contribution in [2.45, 2.75) is 44.1 Å². The van der Waals surface area contributed by atoms with Crippen LogP contribution < -0.4 is 5.32 Å². The largest absolute Gasteiger partial charge is 0.480 e. The minimum absolute atomic E-state index is 0.0299. The first-order valence-corrected chi connectivity index (χ1v) is 7.69. The van der Waals surface area contributed by atoms with Crippen molar-refractivity contribution in [1.29, 1.82) is 0 Å². The van der Waals surface area contributed by atoms with Gasteiger partial charge in [0.2, 0.25) is 0 Å². The predicted octanol–water partition coefficient (Wildman–Crippen LogP) is 3.95. The molecule has 1 saturated carbocycles. The molecule has 1 aliphatic rings. The van der Waals surface area contributed by atoms with Crippen LogP contribution >= 0.6 is 15.9 Å². The first kappa shape index (κ1) is 15.8. The Labute approximate surface area is 130 Å². The molecule has 0 radical (unpaired) electrons. The van der Waals surface area contributed by atoms with Crippen LogP contribution in [0.5, 0.6) is 0 Å². The molecule has 114 valence electrons. The first-order valence-electron chi connectivity index (χ1n) is 6.90. The molecule has 0 amide bonds. The van der Waals surface area contributed by atoms with E-state index in [2.05, 4.69) is 21.2 Å². The van der Waals surface area contributed by atoms with Crippen LogP contribution in [0.4, 0.5) is 11.4 Å². The number of nitrogens with one attached hydrogen (secondary N) is 1. The Balaban J connectivity index is 2.28. The molecule has 0 aromatic heterocycles. The minimum Gasteiger partial charge on any atom is -0.480 e. The van der Waals surface area contributed by atoms with E-state index in [9.17, 15) is 20.0 Å². The highest BCUT2D eigenvalue weighted by Gasteiger charge is 2.39. The van der Waals surface area contributed by atoms with E-state index >= 15 is 0 Å². The van der Waals surface area contributed by atoms with Crippen LogP contribution in [0.2, 0.25) is 0 Å². The Kier molecular flexibility index (Phi) is 4.82. The average Bonchev–Trinajstić information content (AvgIpc) is 2.67. The van der Waals surface area contributed by atoms with Gasteiger partial charge in [-0.3, -0.25) is 10.1 Å². The number of carboxylic acids is 1. The molecule has 2 rings (SSSR count). The third kappa shape index (κ3) is 3.53. The summed E-state index contributed by atoms with van der Waals surface area (Å²) in [6.45, 7) is 0. The van der Waals surface area contributed by atoms with E-state index < -0.39 is 16.4 Å². The molecule has 21 heavy (non-hydrogen) atoms. The van der Waals surface area contributed by atoms with Crippen LogP contribution in [0.25, 0.3) is 0 Å². The Bertz CT molecular complexity index is 554. The lowest BCUT2D eigenvalue weighted by Gasteiger charge is -2.30. The highest BCUT2D eigenvalue weighted by atomic mass is 79.9. The number of nitro benzene ring substituents is 1. The van der Waals surface area contributed by atoms with E-state index in [1.807, 2.05) is 0 Å². The Morgan fingerprint density at radius 1 is 1.29 bits per heavy atom. The number of non-ortho nitro benzene ring substituents is 1. The van der Waals surface area contributed by atoms with E-state index in [1.165, 1.54) is 12.1 Å². The first-order chi connectivity index (χ1) is 9.94. The van der Waals surface area contributed by atoms with Gasteiger partial charge in [-0.25, -0.2) is 4.79 Å².